The van der Waals surface area contributed by atoms with Crippen molar-refractivity contribution < 1.29 is 9.59 Å². The second kappa shape index (κ2) is 7.95. The molecule has 3 heterocycles. The molecular formula is C20H27N5O2S. The molecule has 0 unspecified atom stereocenters. The van der Waals surface area contributed by atoms with Crippen molar-refractivity contribution >= 4 is 28.3 Å². The van der Waals surface area contributed by atoms with E-state index in [2.05, 4.69) is 20.3 Å². The molecule has 0 saturated carbocycles. The predicted molar refractivity (Wildman–Crippen MR) is 110 cm³/mol. The Morgan fingerprint density at radius 1 is 1.25 bits per heavy atom. The van der Waals surface area contributed by atoms with Gasteiger partial charge in [-0.3, -0.25) is 19.6 Å². The second-order valence-corrected chi connectivity index (χ2v) is 9.24. The molecule has 0 aliphatic carbocycles. The van der Waals surface area contributed by atoms with Crippen molar-refractivity contribution in [2.24, 2.45) is 5.41 Å². The first-order chi connectivity index (χ1) is 13.2. The molecule has 0 radical (unpaired) electrons. The molecule has 0 aromatic carbocycles. The van der Waals surface area contributed by atoms with Gasteiger partial charge in [0.2, 0.25) is 11.8 Å². The first-order valence-corrected chi connectivity index (χ1v) is 10.3. The summed E-state index contributed by atoms with van der Waals surface area (Å²) in [6.45, 7) is 10.7. The highest BCUT2D eigenvalue weighted by Gasteiger charge is 2.33. The molecule has 0 bridgehead atoms. The monoisotopic (exact) mass is 401 g/mol. The van der Waals surface area contributed by atoms with E-state index in [4.69, 9.17) is 0 Å². The number of anilines is 1. The maximum atomic E-state index is 12.8. The van der Waals surface area contributed by atoms with Crippen LogP contribution in [-0.2, 0) is 9.59 Å². The van der Waals surface area contributed by atoms with Crippen molar-refractivity contribution in [3.05, 3.63) is 23.8 Å². The van der Waals surface area contributed by atoms with Gasteiger partial charge in [0.05, 0.1) is 16.3 Å². The standard InChI is InChI=1S/C20H27N5O2S/c1-12-17(28-19(23-12)24-13(2)26)16-15(21-8-9-22-16)14-7-6-10-25(11-14)18(27)20(3,4)5/h8-9,14H,6-7,10-11H2,1-5H3,(H,23,24,26)/t14-/m1/s1. The molecule has 2 aromatic rings. The van der Waals surface area contributed by atoms with E-state index in [-0.39, 0.29) is 17.7 Å². The quantitative estimate of drug-likeness (QED) is 0.849. The van der Waals surface area contributed by atoms with Crippen LogP contribution in [0.3, 0.4) is 0 Å². The largest absolute Gasteiger partial charge is 0.342 e. The Labute approximate surface area is 169 Å². The highest BCUT2D eigenvalue weighted by molar-refractivity contribution is 7.19. The topological polar surface area (TPSA) is 88.1 Å². The van der Waals surface area contributed by atoms with Gasteiger partial charge in [-0.15, -0.1) is 0 Å². The van der Waals surface area contributed by atoms with Gasteiger partial charge >= 0.3 is 0 Å². The number of hydrogen-bond acceptors (Lipinski definition) is 6. The number of aryl methyl sites for hydroxylation is 1. The lowest BCUT2D eigenvalue weighted by atomic mass is 9.89. The normalized spacial score (nSPS) is 17.5. The van der Waals surface area contributed by atoms with E-state index in [0.29, 0.717) is 11.7 Å². The van der Waals surface area contributed by atoms with Crippen molar-refractivity contribution in [2.45, 2.75) is 53.4 Å². The summed E-state index contributed by atoms with van der Waals surface area (Å²) in [5.74, 6) is 0.155. The van der Waals surface area contributed by atoms with Crippen LogP contribution in [0.2, 0.25) is 0 Å². The number of rotatable bonds is 3. The van der Waals surface area contributed by atoms with Crippen molar-refractivity contribution in [3.8, 4) is 10.6 Å². The summed E-state index contributed by atoms with van der Waals surface area (Å²) >= 11 is 1.40. The van der Waals surface area contributed by atoms with Gasteiger partial charge in [-0.25, -0.2) is 4.98 Å². The van der Waals surface area contributed by atoms with Crippen LogP contribution in [0.4, 0.5) is 5.13 Å². The van der Waals surface area contributed by atoms with E-state index >= 15 is 0 Å². The van der Waals surface area contributed by atoms with E-state index in [1.54, 1.807) is 12.4 Å². The van der Waals surface area contributed by atoms with Gasteiger partial charge in [0, 0.05) is 43.7 Å². The number of nitrogens with one attached hydrogen (secondary N) is 1. The van der Waals surface area contributed by atoms with Crippen LogP contribution in [0.15, 0.2) is 12.4 Å². The Hall–Kier alpha value is -2.35. The molecule has 1 aliphatic heterocycles. The summed E-state index contributed by atoms with van der Waals surface area (Å²) in [5, 5.41) is 3.30. The summed E-state index contributed by atoms with van der Waals surface area (Å²) in [5.41, 5.74) is 2.11. The lowest BCUT2D eigenvalue weighted by Crippen LogP contribution is -2.44. The smallest absolute Gasteiger partial charge is 0.227 e. The summed E-state index contributed by atoms with van der Waals surface area (Å²) < 4.78 is 0. The zero-order valence-corrected chi connectivity index (χ0v) is 17.9. The van der Waals surface area contributed by atoms with Gasteiger partial charge in [-0.05, 0) is 19.8 Å². The molecule has 3 rings (SSSR count). The summed E-state index contributed by atoms with van der Waals surface area (Å²) in [7, 11) is 0. The second-order valence-electron chi connectivity index (χ2n) is 8.25. The van der Waals surface area contributed by atoms with Gasteiger partial charge in [-0.1, -0.05) is 32.1 Å². The molecule has 150 valence electrons. The highest BCUT2D eigenvalue weighted by atomic mass is 32.1. The van der Waals surface area contributed by atoms with Crippen LogP contribution in [-0.4, -0.2) is 44.8 Å². The van der Waals surface area contributed by atoms with Crippen LogP contribution in [0, 0.1) is 12.3 Å². The zero-order valence-electron chi connectivity index (χ0n) is 17.1. The fourth-order valence-electron chi connectivity index (χ4n) is 3.50. The van der Waals surface area contributed by atoms with E-state index in [1.165, 1.54) is 18.3 Å². The molecule has 1 N–H and O–H groups in total. The number of piperidine rings is 1. The van der Waals surface area contributed by atoms with Crippen LogP contribution in [0.5, 0.6) is 0 Å². The molecule has 2 aromatic heterocycles. The minimum atomic E-state index is -0.394. The van der Waals surface area contributed by atoms with Crippen LogP contribution in [0.25, 0.3) is 10.6 Å². The van der Waals surface area contributed by atoms with Crippen LogP contribution in [0.1, 0.15) is 57.8 Å². The van der Waals surface area contributed by atoms with Gasteiger partial charge in [-0.2, -0.15) is 0 Å². The third-order valence-corrected chi connectivity index (χ3v) is 5.84. The molecule has 8 heteroatoms. The third kappa shape index (κ3) is 4.38. The Morgan fingerprint density at radius 2 is 1.96 bits per heavy atom. The molecule has 1 aliphatic rings. The van der Waals surface area contributed by atoms with Crippen molar-refractivity contribution in [1.82, 2.24) is 19.9 Å². The zero-order chi connectivity index (χ0) is 20.5. The van der Waals surface area contributed by atoms with Gasteiger partial charge in [0.1, 0.15) is 5.69 Å². The third-order valence-electron chi connectivity index (χ3n) is 4.76. The fraction of sp³-hybridized carbons (Fsp3) is 0.550. The first-order valence-electron chi connectivity index (χ1n) is 9.52. The summed E-state index contributed by atoms with van der Waals surface area (Å²) in [6.07, 6.45) is 5.29. The Balaban J connectivity index is 1.91. The van der Waals surface area contributed by atoms with Gasteiger partial charge < -0.3 is 10.2 Å². The number of aromatic nitrogens is 3. The molecular weight excluding hydrogens is 374 g/mol. The lowest BCUT2D eigenvalue weighted by molar-refractivity contribution is -0.140. The first kappa shape index (κ1) is 20.4. The molecule has 7 nitrogen and oxygen atoms in total. The fourth-order valence-corrected chi connectivity index (χ4v) is 4.52. The number of hydrogen-bond donors (Lipinski definition) is 1. The lowest BCUT2D eigenvalue weighted by Gasteiger charge is -2.36. The Morgan fingerprint density at radius 3 is 2.64 bits per heavy atom. The maximum Gasteiger partial charge on any atom is 0.227 e. The maximum absolute atomic E-state index is 12.8. The van der Waals surface area contributed by atoms with E-state index in [0.717, 1.165) is 41.3 Å². The van der Waals surface area contributed by atoms with Gasteiger partial charge in [0.15, 0.2) is 5.13 Å². The molecule has 1 atom stereocenters. The van der Waals surface area contributed by atoms with Gasteiger partial charge in [0.25, 0.3) is 0 Å². The predicted octanol–water partition coefficient (Wildman–Crippen LogP) is 3.62. The SMILES string of the molecule is CC(=O)Nc1nc(C)c(-c2nccnc2[C@@H]2CCCN(C(=O)C(C)(C)C)C2)s1. The van der Waals surface area contributed by atoms with E-state index < -0.39 is 5.41 Å². The molecule has 2 amide bonds. The number of carbonyl (C=O) groups excluding carboxylic acids is 2. The minimum absolute atomic E-state index is 0.134. The summed E-state index contributed by atoms with van der Waals surface area (Å²) in [6, 6.07) is 0. The highest BCUT2D eigenvalue weighted by Crippen LogP contribution is 2.38. The molecule has 28 heavy (non-hydrogen) atoms. The average molecular weight is 402 g/mol. The van der Waals surface area contributed by atoms with Crippen molar-refractivity contribution in [3.63, 3.8) is 0 Å². The molecule has 1 saturated heterocycles. The summed E-state index contributed by atoms with van der Waals surface area (Å²) in [4.78, 5) is 40.6. The van der Waals surface area contributed by atoms with Crippen molar-refractivity contribution in [2.75, 3.05) is 18.4 Å². The number of likely N-dealkylation sites (tertiary alicyclic amines) is 1. The Bertz CT molecular complexity index is 887. The minimum Gasteiger partial charge on any atom is -0.342 e. The van der Waals surface area contributed by atoms with E-state index in [1.807, 2.05) is 32.6 Å². The van der Waals surface area contributed by atoms with E-state index in [9.17, 15) is 9.59 Å². The number of thiazole rings is 1. The number of carbonyl (C=O) groups is 2. The molecule has 1 fully saturated rings. The number of nitrogens with zero attached hydrogens (tertiary/aromatic N) is 4. The van der Waals surface area contributed by atoms with Crippen molar-refractivity contribution in [1.29, 1.82) is 0 Å². The average Bonchev–Trinajstić information content (AvgIpc) is 2.99. The van der Waals surface area contributed by atoms with Crippen LogP contribution < -0.4 is 5.32 Å². The van der Waals surface area contributed by atoms with Crippen LogP contribution >= 0.6 is 11.3 Å². The molecule has 0 spiro atoms. The Kier molecular flexibility index (Phi) is 5.79. The number of amides is 2.